The second-order valence-corrected chi connectivity index (χ2v) is 4.61. The lowest BCUT2D eigenvalue weighted by Gasteiger charge is -2.18. The zero-order valence-corrected chi connectivity index (χ0v) is 12.5. The van der Waals surface area contributed by atoms with Gasteiger partial charge in [-0.2, -0.15) is 0 Å². The highest BCUT2D eigenvalue weighted by atomic mass is 16.5. The van der Waals surface area contributed by atoms with Gasteiger partial charge in [0.1, 0.15) is 6.29 Å². The van der Waals surface area contributed by atoms with Crippen LogP contribution in [0.2, 0.25) is 0 Å². The number of benzene rings is 2. The highest BCUT2D eigenvalue weighted by molar-refractivity contribution is 5.93. The van der Waals surface area contributed by atoms with Crippen molar-refractivity contribution in [3.63, 3.8) is 0 Å². The molecule has 0 unspecified atom stereocenters. The van der Waals surface area contributed by atoms with E-state index < -0.39 is 0 Å². The predicted molar refractivity (Wildman–Crippen MR) is 83.7 cm³/mol. The lowest BCUT2D eigenvalue weighted by molar-refractivity contribution is -0.120. The van der Waals surface area contributed by atoms with Crippen LogP contribution in [0.3, 0.4) is 0 Å². The van der Waals surface area contributed by atoms with Crippen LogP contribution in [-0.4, -0.2) is 33.0 Å². The number of aldehydes is 1. The maximum atomic E-state index is 12.1. The summed E-state index contributed by atoms with van der Waals surface area (Å²) in [7, 11) is 3.17. The molecule has 0 atom stereocenters. The van der Waals surface area contributed by atoms with Crippen LogP contribution in [-0.2, 0) is 4.79 Å². The summed E-state index contributed by atoms with van der Waals surface area (Å²) in [4.78, 5) is 24.4. The van der Waals surface area contributed by atoms with Gasteiger partial charge in [0, 0.05) is 18.3 Å². The molecule has 0 radical (unpaired) electrons. The summed E-state index contributed by atoms with van der Waals surface area (Å²) in [6.45, 7) is -0.123. The van der Waals surface area contributed by atoms with Gasteiger partial charge in [-0.05, 0) is 30.3 Å². The number of carbonyl (C=O) groups excluding carboxylic acids is 2. The van der Waals surface area contributed by atoms with Gasteiger partial charge >= 0.3 is 0 Å². The van der Waals surface area contributed by atoms with E-state index in [2.05, 4.69) is 0 Å². The molecule has 5 heteroatoms. The number of methoxy groups -OCH3 is 1. The van der Waals surface area contributed by atoms with Crippen molar-refractivity contribution in [3.8, 4) is 11.5 Å². The normalized spacial score (nSPS) is 9.91. The van der Waals surface area contributed by atoms with E-state index in [9.17, 15) is 9.59 Å². The molecule has 0 fully saturated rings. The fraction of sp³-hybridized carbons (Fsp3) is 0.176. The quantitative estimate of drug-likeness (QED) is 0.769. The molecular formula is C17H17NO4. The lowest BCUT2D eigenvalue weighted by atomic mass is 10.2. The maximum absolute atomic E-state index is 12.1. The monoisotopic (exact) mass is 299 g/mol. The van der Waals surface area contributed by atoms with Crippen molar-refractivity contribution in [2.75, 3.05) is 25.7 Å². The Labute approximate surface area is 129 Å². The number of ether oxygens (including phenoxy) is 2. The fourth-order valence-corrected chi connectivity index (χ4v) is 1.91. The van der Waals surface area contributed by atoms with Crippen molar-refractivity contribution in [1.82, 2.24) is 0 Å². The fourth-order valence-electron chi connectivity index (χ4n) is 1.91. The van der Waals surface area contributed by atoms with Gasteiger partial charge in [0.2, 0.25) is 0 Å². The maximum Gasteiger partial charge on any atom is 0.264 e. The number of anilines is 1. The second-order valence-electron chi connectivity index (χ2n) is 4.61. The first kappa shape index (κ1) is 15.6. The third-order valence-corrected chi connectivity index (χ3v) is 3.19. The first-order valence-corrected chi connectivity index (χ1v) is 6.73. The highest BCUT2D eigenvalue weighted by Gasteiger charge is 2.13. The van der Waals surface area contributed by atoms with E-state index in [4.69, 9.17) is 9.47 Å². The topological polar surface area (TPSA) is 55.8 Å². The molecule has 0 saturated heterocycles. The number of hydrogen-bond acceptors (Lipinski definition) is 4. The zero-order chi connectivity index (χ0) is 15.9. The zero-order valence-electron chi connectivity index (χ0n) is 12.5. The molecule has 0 aromatic heterocycles. The van der Waals surface area contributed by atoms with E-state index in [0.29, 0.717) is 17.1 Å². The molecule has 22 heavy (non-hydrogen) atoms. The summed E-state index contributed by atoms with van der Waals surface area (Å²) in [5, 5.41) is 0. The molecule has 0 heterocycles. The number of hydrogen-bond donors (Lipinski definition) is 0. The van der Waals surface area contributed by atoms with Gasteiger partial charge in [0.25, 0.3) is 5.91 Å². The largest absolute Gasteiger partial charge is 0.493 e. The van der Waals surface area contributed by atoms with Crippen LogP contribution in [0, 0.1) is 0 Å². The Bertz CT molecular complexity index is 655. The van der Waals surface area contributed by atoms with Gasteiger partial charge < -0.3 is 14.4 Å². The summed E-state index contributed by atoms with van der Waals surface area (Å²) in [5.41, 5.74) is 1.27. The van der Waals surface area contributed by atoms with Gasteiger partial charge in [-0.3, -0.25) is 9.59 Å². The highest BCUT2D eigenvalue weighted by Crippen LogP contribution is 2.27. The van der Waals surface area contributed by atoms with Crippen LogP contribution < -0.4 is 14.4 Å². The van der Waals surface area contributed by atoms with Crippen molar-refractivity contribution in [2.45, 2.75) is 0 Å². The Morgan fingerprint density at radius 1 is 1.14 bits per heavy atom. The standard InChI is InChI=1S/C17H17NO4/c1-18(14-6-4-3-5-7-14)17(20)12-22-15-9-8-13(11-19)10-16(15)21-2/h3-11H,12H2,1-2H3. The van der Waals surface area contributed by atoms with Crippen LogP contribution >= 0.6 is 0 Å². The number of para-hydroxylation sites is 1. The molecule has 0 spiro atoms. The Kier molecular flexibility index (Phi) is 5.14. The van der Waals surface area contributed by atoms with Crippen LogP contribution in [0.1, 0.15) is 10.4 Å². The summed E-state index contributed by atoms with van der Waals surface area (Å²) < 4.78 is 10.7. The summed E-state index contributed by atoms with van der Waals surface area (Å²) >= 11 is 0. The first-order valence-electron chi connectivity index (χ1n) is 6.73. The van der Waals surface area contributed by atoms with E-state index in [1.807, 2.05) is 30.3 Å². The number of amides is 1. The van der Waals surface area contributed by atoms with Crippen molar-refractivity contribution in [3.05, 3.63) is 54.1 Å². The molecule has 2 aromatic carbocycles. The first-order chi connectivity index (χ1) is 10.7. The van der Waals surface area contributed by atoms with Crippen LogP contribution in [0.25, 0.3) is 0 Å². The Balaban J connectivity index is 2.03. The third kappa shape index (κ3) is 3.63. The Hall–Kier alpha value is -2.82. The van der Waals surface area contributed by atoms with Crippen LogP contribution in [0.4, 0.5) is 5.69 Å². The molecule has 2 aromatic rings. The minimum atomic E-state index is -0.187. The molecule has 1 amide bonds. The van der Waals surface area contributed by atoms with Gasteiger partial charge in [-0.15, -0.1) is 0 Å². The predicted octanol–water partition coefficient (Wildman–Crippen LogP) is 2.55. The number of carbonyl (C=O) groups is 2. The summed E-state index contributed by atoms with van der Waals surface area (Å²) in [6.07, 6.45) is 0.723. The molecule has 0 aliphatic rings. The van der Waals surface area contributed by atoms with Crippen molar-refractivity contribution in [1.29, 1.82) is 0 Å². The summed E-state index contributed by atoms with van der Waals surface area (Å²) in [6, 6.07) is 14.1. The minimum absolute atomic E-state index is 0.123. The second kappa shape index (κ2) is 7.26. The van der Waals surface area contributed by atoms with E-state index in [1.54, 1.807) is 25.2 Å². The van der Waals surface area contributed by atoms with E-state index in [-0.39, 0.29) is 12.5 Å². The average Bonchev–Trinajstić information content (AvgIpc) is 2.59. The van der Waals surface area contributed by atoms with Gasteiger partial charge in [0.05, 0.1) is 7.11 Å². The van der Waals surface area contributed by atoms with E-state index in [0.717, 1.165) is 12.0 Å². The van der Waals surface area contributed by atoms with Crippen molar-refractivity contribution in [2.24, 2.45) is 0 Å². The van der Waals surface area contributed by atoms with Crippen molar-refractivity contribution >= 4 is 17.9 Å². The van der Waals surface area contributed by atoms with E-state index >= 15 is 0 Å². The van der Waals surface area contributed by atoms with Gasteiger partial charge in [-0.1, -0.05) is 18.2 Å². The number of rotatable bonds is 6. The van der Waals surface area contributed by atoms with Crippen LogP contribution in [0.15, 0.2) is 48.5 Å². The lowest BCUT2D eigenvalue weighted by Crippen LogP contribution is -2.31. The Morgan fingerprint density at radius 2 is 1.86 bits per heavy atom. The SMILES string of the molecule is COc1cc(C=O)ccc1OCC(=O)N(C)c1ccccc1. The molecule has 0 saturated carbocycles. The van der Waals surface area contributed by atoms with Crippen LogP contribution in [0.5, 0.6) is 11.5 Å². The number of nitrogens with zero attached hydrogens (tertiary/aromatic N) is 1. The summed E-state index contributed by atoms with van der Waals surface area (Å²) in [5.74, 6) is 0.649. The van der Waals surface area contributed by atoms with Gasteiger partial charge in [-0.25, -0.2) is 0 Å². The number of likely N-dealkylation sites (N-methyl/N-ethyl adjacent to an activating group) is 1. The van der Waals surface area contributed by atoms with Crippen molar-refractivity contribution < 1.29 is 19.1 Å². The Morgan fingerprint density at radius 3 is 2.50 bits per heavy atom. The van der Waals surface area contributed by atoms with E-state index in [1.165, 1.54) is 12.0 Å². The smallest absolute Gasteiger partial charge is 0.264 e. The molecule has 2 rings (SSSR count). The molecule has 5 nitrogen and oxygen atoms in total. The molecule has 114 valence electrons. The third-order valence-electron chi connectivity index (χ3n) is 3.19. The average molecular weight is 299 g/mol. The molecular weight excluding hydrogens is 282 g/mol. The molecule has 0 N–H and O–H groups in total. The van der Waals surface area contributed by atoms with Gasteiger partial charge in [0.15, 0.2) is 18.1 Å². The molecule has 0 aliphatic heterocycles. The molecule has 0 aliphatic carbocycles. The minimum Gasteiger partial charge on any atom is -0.493 e. The molecule has 0 bridgehead atoms.